The number of phenols is 1. The molecule has 0 aliphatic carbocycles. The summed E-state index contributed by atoms with van der Waals surface area (Å²) in [6, 6.07) is 0.930. The Labute approximate surface area is 119 Å². The molecule has 0 aromatic heterocycles. The topological polar surface area (TPSA) is 77.8 Å². The molecule has 2 rings (SSSR count). The zero-order valence-corrected chi connectivity index (χ0v) is 11.3. The van der Waals surface area contributed by atoms with Gasteiger partial charge in [0.25, 0.3) is 5.91 Å². The minimum absolute atomic E-state index is 0.249. The molecule has 1 saturated heterocycles. The lowest BCUT2D eigenvalue weighted by molar-refractivity contribution is -0.144. The molecule has 1 amide bonds. The van der Waals surface area contributed by atoms with Crippen LogP contribution in [0.2, 0.25) is 0 Å². The van der Waals surface area contributed by atoms with E-state index in [0.717, 1.165) is 12.1 Å². The number of carboxylic acids is 1. The number of aliphatic carboxylic acids is 1. The molecule has 7 heteroatoms. The van der Waals surface area contributed by atoms with Crippen LogP contribution in [0.5, 0.6) is 5.75 Å². The van der Waals surface area contributed by atoms with Crippen molar-refractivity contribution in [1.29, 1.82) is 0 Å². The zero-order valence-electron chi connectivity index (χ0n) is 11.3. The Balaban J connectivity index is 2.29. The smallest absolute Gasteiger partial charge is 0.308 e. The number of likely N-dealkylation sites (tertiary alicyclic amines) is 1. The average Bonchev–Trinajstić information content (AvgIpc) is 2.43. The van der Waals surface area contributed by atoms with Crippen LogP contribution in [-0.2, 0) is 4.79 Å². The number of hydrogen-bond acceptors (Lipinski definition) is 3. The van der Waals surface area contributed by atoms with Gasteiger partial charge in [0.2, 0.25) is 0 Å². The number of carboxylic acid groups (broad SMARTS) is 1. The maximum Gasteiger partial charge on any atom is 0.308 e. The van der Waals surface area contributed by atoms with E-state index < -0.39 is 41.2 Å². The summed E-state index contributed by atoms with van der Waals surface area (Å²) in [5.41, 5.74) is -0.249. The van der Waals surface area contributed by atoms with Crippen LogP contribution < -0.4 is 0 Å². The first-order valence-corrected chi connectivity index (χ1v) is 6.54. The molecular formula is C14H15F2NO4. The summed E-state index contributed by atoms with van der Waals surface area (Å²) in [7, 11) is 0. The molecule has 0 spiro atoms. The number of benzene rings is 1. The predicted molar refractivity (Wildman–Crippen MR) is 68.9 cm³/mol. The van der Waals surface area contributed by atoms with Gasteiger partial charge in [-0.3, -0.25) is 9.59 Å². The van der Waals surface area contributed by atoms with E-state index in [1.165, 1.54) is 4.90 Å². The fraction of sp³-hybridized carbons (Fsp3) is 0.429. The number of carbonyl (C=O) groups is 2. The summed E-state index contributed by atoms with van der Waals surface area (Å²) in [5, 5.41) is 18.1. The molecule has 1 aromatic carbocycles. The molecule has 0 radical (unpaired) electrons. The largest absolute Gasteiger partial charge is 0.503 e. The van der Waals surface area contributed by atoms with Crippen molar-refractivity contribution in [1.82, 2.24) is 4.90 Å². The lowest BCUT2D eigenvalue weighted by Gasteiger charge is -2.37. The van der Waals surface area contributed by atoms with Crippen molar-refractivity contribution in [3.63, 3.8) is 0 Å². The summed E-state index contributed by atoms with van der Waals surface area (Å²) >= 11 is 0. The summed E-state index contributed by atoms with van der Waals surface area (Å²) in [5.74, 6) is -5.93. The fourth-order valence-corrected chi connectivity index (χ4v) is 2.61. The maximum atomic E-state index is 13.3. The average molecular weight is 299 g/mol. The number of hydrogen-bond donors (Lipinski definition) is 2. The van der Waals surface area contributed by atoms with Crippen molar-refractivity contribution in [2.75, 3.05) is 6.54 Å². The van der Waals surface area contributed by atoms with E-state index in [1.54, 1.807) is 6.92 Å². The molecule has 2 N–H and O–H groups in total. The van der Waals surface area contributed by atoms with Gasteiger partial charge in [-0.15, -0.1) is 0 Å². The summed E-state index contributed by atoms with van der Waals surface area (Å²) < 4.78 is 26.6. The van der Waals surface area contributed by atoms with Crippen LogP contribution in [0.4, 0.5) is 8.78 Å². The summed E-state index contributed by atoms with van der Waals surface area (Å²) in [6.45, 7) is 1.93. The first-order chi connectivity index (χ1) is 9.82. The number of amides is 1. The third-order valence-corrected chi connectivity index (χ3v) is 3.83. The monoisotopic (exact) mass is 299 g/mol. The fourth-order valence-electron chi connectivity index (χ4n) is 2.61. The highest BCUT2D eigenvalue weighted by Crippen LogP contribution is 2.27. The summed E-state index contributed by atoms with van der Waals surface area (Å²) in [4.78, 5) is 24.7. The molecule has 1 aliphatic heterocycles. The van der Waals surface area contributed by atoms with Gasteiger partial charge in [-0.05, 0) is 31.9 Å². The van der Waals surface area contributed by atoms with Gasteiger partial charge >= 0.3 is 5.97 Å². The molecule has 2 atom stereocenters. The van der Waals surface area contributed by atoms with Crippen LogP contribution in [0.1, 0.15) is 30.1 Å². The van der Waals surface area contributed by atoms with E-state index in [2.05, 4.69) is 0 Å². The molecule has 5 nitrogen and oxygen atoms in total. The van der Waals surface area contributed by atoms with Gasteiger partial charge in [0.15, 0.2) is 17.4 Å². The number of piperidine rings is 1. The molecule has 0 bridgehead atoms. The Morgan fingerprint density at radius 3 is 2.38 bits per heavy atom. The Kier molecular flexibility index (Phi) is 4.11. The maximum absolute atomic E-state index is 13.3. The lowest BCUT2D eigenvalue weighted by atomic mass is 9.90. The molecule has 0 saturated carbocycles. The number of halogens is 2. The highest BCUT2D eigenvalue weighted by molar-refractivity contribution is 5.95. The van der Waals surface area contributed by atoms with Gasteiger partial charge in [-0.25, -0.2) is 8.78 Å². The first kappa shape index (κ1) is 15.2. The first-order valence-electron chi connectivity index (χ1n) is 6.54. The van der Waals surface area contributed by atoms with Crippen LogP contribution in [0.25, 0.3) is 0 Å². The number of carbonyl (C=O) groups excluding carboxylic acids is 1. The third kappa shape index (κ3) is 2.81. The second kappa shape index (κ2) is 5.67. The SMILES string of the molecule is C[C@@H]1[C@H](C(=O)O)CCCN1C(=O)c1cc(F)c(O)c(F)c1. The van der Waals surface area contributed by atoms with Gasteiger partial charge in [0, 0.05) is 18.2 Å². The minimum Gasteiger partial charge on any atom is -0.503 e. The van der Waals surface area contributed by atoms with Crippen molar-refractivity contribution < 1.29 is 28.6 Å². The van der Waals surface area contributed by atoms with Gasteiger partial charge in [0.1, 0.15) is 0 Å². The third-order valence-electron chi connectivity index (χ3n) is 3.83. The molecule has 1 heterocycles. The van der Waals surface area contributed by atoms with Gasteiger partial charge in [0.05, 0.1) is 5.92 Å². The van der Waals surface area contributed by atoms with Gasteiger partial charge in [-0.1, -0.05) is 0 Å². The van der Waals surface area contributed by atoms with Crippen LogP contribution >= 0.6 is 0 Å². The molecular weight excluding hydrogens is 284 g/mol. The van der Waals surface area contributed by atoms with Crippen LogP contribution in [0.3, 0.4) is 0 Å². The molecule has 1 aliphatic rings. The van der Waals surface area contributed by atoms with Crippen molar-refractivity contribution >= 4 is 11.9 Å². The van der Waals surface area contributed by atoms with Crippen molar-refractivity contribution in [3.8, 4) is 5.75 Å². The lowest BCUT2D eigenvalue weighted by Crippen LogP contribution is -2.49. The zero-order chi connectivity index (χ0) is 15.7. The minimum atomic E-state index is -1.22. The quantitative estimate of drug-likeness (QED) is 0.875. The Hall–Kier alpha value is -2.18. The Morgan fingerprint density at radius 2 is 1.86 bits per heavy atom. The normalized spacial score (nSPS) is 22.1. The Morgan fingerprint density at radius 1 is 1.29 bits per heavy atom. The van der Waals surface area contributed by atoms with E-state index in [0.29, 0.717) is 19.4 Å². The van der Waals surface area contributed by atoms with Crippen molar-refractivity contribution in [2.24, 2.45) is 5.92 Å². The number of nitrogens with zero attached hydrogens (tertiary/aromatic N) is 1. The molecule has 1 fully saturated rings. The van der Waals surface area contributed by atoms with Crippen molar-refractivity contribution in [3.05, 3.63) is 29.3 Å². The van der Waals surface area contributed by atoms with Crippen LogP contribution in [0, 0.1) is 17.6 Å². The van der Waals surface area contributed by atoms with Crippen LogP contribution in [-0.4, -0.2) is 39.6 Å². The number of phenolic OH excluding ortho intramolecular Hbond substituents is 1. The molecule has 1 aromatic rings. The molecule has 21 heavy (non-hydrogen) atoms. The van der Waals surface area contributed by atoms with E-state index in [-0.39, 0.29) is 5.56 Å². The van der Waals surface area contributed by atoms with E-state index >= 15 is 0 Å². The van der Waals surface area contributed by atoms with Crippen LogP contribution in [0.15, 0.2) is 12.1 Å². The van der Waals surface area contributed by atoms with Gasteiger partial charge < -0.3 is 15.1 Å². The summed E-state index contributed by atoms with van der Waals surface area (Å²) in [6.07, 6.45) is 0.967. The second-order valence-corrected chi connectivity index (χ2v) is 5.11. The standard InChI is InChI=1S/C14H15F2NO4/c1-7-9(14(20)21)3-2-4-17(7)13(19)8-5-10(15)12(18)11(16)6-8/h5-7,9,18H,2-4H2,1H3,(H,20,21)/t7-,9-/m1/s1. The highest BCUT2D eigenvalue weighted by Gasteiger charge is 2.36. The van der Waals surface area contributed by atoms with E-state index in [4.69, 9.17) is 10.2 Å². The molecule has 0 unspecified atom stereocenters. The van der Waals surface area contributed by atoms with E-state index in [1.807, 2.05) is 0 Å². The second-order valence-electron chi connectivity index (χ2n) is 5.11. The number of aromatic hydroxyl groups is 1. The highest BCUT2D eigenvalue weighted by atomic mass is 19.1. The Bertz CT molecular complexity index is 567. The van der Waals surface area contributed by atoms with Gasteiger partial charge in [-0.2, -0.15) is 0 Å². The van der Waals surface area contributed by atoms with E-state index in [9.17, 15) is 18.4 Å². The van der Waals surface area contributed by atoms with Crippen molar-refractivity contribution in [2.45, 2.75) is 25.8 Å². The predicted octanol–water partition coefficient (Wildman–Crippen LogP) is 2.00. The molecule has 114 valence electrons. The number of rotatable bonds is 2.